The van der Waals surface area contributed by atoms with E-state index in [2.05, 4.69) is 38.3 Å². The van der Waals surface area contributed by atoms with Gasteiger partial charge in [-0.15, -0.1) is 0 Å². The van der Waals surface area contributed by atoms with E-state index in [0.717, 1.165) is 116 Å². The molecule has 4 aliphatic heterocycles. The van der Waals surface area contributed by atoms with Crippen molar-refractivity contribution < 1.29 is 38.0 Å². The minimum absolute atomic E-state index is 0.0194. The van der Waals surface area contributed by atoms with Gasteiger partial charge in [-0.3, -0.25) is 14.5 Å². The second-order valence-electron chi connectivity index (χ2n) is 15.7. The first-order valence-corrected chi connectivity index (χ1v) is 22.9. The average molecular weight is 893 g/mol. The first-order valence-electron chi connectivity index (χ1n) is 22.9. The number of ether oxygens (including phenoxy) is 6. The molecule has 0 radical (unpaired) electrons. The number of esters is 2. The zero-order valence-electron chi connectivity index (χ0n) is 40.1. The van der Waals surface area contributed by atoms with Crippen LogP contribution >= 0.6 is 0 Å². The third kappa shape index (κ3) is 35.6. The zero-order valence-corrected chi connectivity index (χ0v) is 40.1. The van der Waals surface area contributed by atoms with E-state index in [-0.39, 0.29) is 24.4 Å². The highest BCUT2D eigenvalue weighted by Gasteiger charge is 2.21. The Bertz CT molecular complexity index is 1300. The summed E-state index contributed by atoms with van der Waals surface area (Å²) in [6, 6.07) is 16.2. The van der Waals surface area contributed by atoms with Crippen molar-refractivity contribution in [2.45, 2.75) is 78.4 Å². The van der Waals surface area contributed by atoms with Gasteiger partial charge in [0.1, 0.15) is 5.60 Å². The minimum Gasteiger partial charge on any atom is -0.493 e. The highest BCUT2D eigenvalue weighted by atomic mass is 16.6. The van der Waals surface area contributed by atoms with Gasteiger partial charge < -0.3 is 66.9 Å². The highest BCUT2D eigenvalue weighted by molar-refractivity contribution is 5.72. The normalized spacial score (nSPS) is 16.2. The number of piperidine rings is 2. The van der Waals surface area contributed by atoms with E-state index in [9.17, 15) is 9.59 Å². The van der Waals surface area contributed by atoms with E-state index in [1.807, 2.05) is 50.4 Å². The van der Waals surface area contributed by atoms with E-state index in [1.165, 1.54) is 43.5 Å². The molecule has 2 aromatic rings. The monoisotopic (exact) mass is 893 g/mol. The van der Waals surface area contributed by atoms with Crippen LogP contribution in [0, 0.1) is 5.92 Å². The molecule has 0 aromatic heterocycles. The van der Waals surface area contributed by atoms with Crippen molar-refractivity contribution in [2.75, 3.05) is 133 Å². The summed E-state index contributed by atoms with van der Waals surface area (Å²) >= 11 is 0. The van der Waals surface area contributed by atoms with Crippen molar-refractivity contribution in [3.05, 3.63) is 59.7 Å². The fraction of sp³-hybridized carbons (Fsp3) is 0.702. The SMILES string of the molecule is C1CCNCC1.C1COCCN1.CC(C)(C)OC(=O)CN.CCOC(=O)C1CCNCC1.CNCc1ccccc1.COc1ccc(CCN)cc1OC.NCCN1CCOCC1. The summed E-state index contributed by atoms with van der Waals surface area (Å²) in [5, 5.41) is 12.7. The first kappa shape index (κ1) is 59.6. The van der Waals surface area contributed by atoms with E-state index in [1.54, 1.807) is 35.0 Å². The number of hydrogen-bond donors (Lipinski definition) is 7. The highest BCUT2D eigenvalue weighted by Crippen LogP contribution is 2.27. The predicted octanol–water partition coefficient (Wildman–Crippen LogP) is 3.09. The Kier molecular flexibility index (Phi) is 39.1. The molecule has 0 amide bonds. The topological polar surface area (TPSA) is 219 Å². The lowest BCUT2D eigenvalue weighted by molar-refractivity contribution is -0.153. The molecule has 0 atom stereocenters. The fourth-order valence-electron chi connectivity index (χ4n) is 6.03. The molecule has 0 saturated carbocycles. The molecule has 0 spiro atoms. The summed E-state index contributed by atoms with van der Waals surface area (Å²) < 4.78 is 30.2. The maximum Gasteiger partial charge on any atom is 0.320 e. The van der Waals surface area contributed by atoms with E-state index < -0.39 is 5.60 Å². The van der Waals surface area contributed by atoms with Crippen LogP contribution in [0.1, 0.15) is 70.9 Å². The third-order valence-electron chi connectivity index (χ3n) is 9.25. The van der Waals surface area contributed by atoms with Gasteiger partial charge in [0, 0.05) is 45.8 Å². The van der Waals surface area contributed by atoms with Crippen LogP contribution in [0.2, 0.25) is 0 Å². The molecule has 16 nitrogen and oxygen atoms in total. The molecule has 4 aliphatic rings. The zero-order chi connectivity index (χ0) is 46.8. The molecule has 4 fully saturated rings. The Morgan fingerprint density at radius 1 is 0.762 bits per heavy atom. The molecule has 2 aromatic carbocycles. The van der Waals surface area contributed by atoms with Gasteiger partial charge in [-0.2, -0.15) is 0 Å². The van der Waals surface area contributed by atoms with E-state index in [4.69, 9.17) is 45.6 Å². The van der Waals surface area contributed by atoms with Crippen molar-refractivity contribution in [3.8, 4) is 11.5 Å². The van der Waals surface area contributed by atoms with Gasteiger partial charge in [0.05, 0.1) is 59.7 Å². The van der Waals surface area contributed by atoms with Gasteiger partial charge in [-0.05, 0) is 123 Å². The second-order valence-corrected chi connectivity index (χ2v) is 15.7. The van der Waals surface area contributed by atoms with Gasteiger partial charge >= 0.3 is 11.9 Å². The number of benzene rings is 2. The van der Waals surface area contributed by atoms with Crippen molar-refractivity contribution in [1.29, 1.82) is 0 Å². The summed E-state index contributed by atoms with van der Waals surface area (Å²) in [5.41, 5.74) is 17.9. The maximum atomic E-state index is 11.1. The standard InChI is InChI=1S/C10H15NO2.C8H15NO2.C8H11N.C6H14N2O.C6H13NO2.C5H11N.C4H9NO/c1-12-9-4-3-8(5-6-11)7-10(9)13-2;1-2-11-8(10)7-3-5-9-6-4-7;1-9-7-8-5-3-2-4-6-8;7-1-2-8-3-5-9-6-4-8;1-6(2,3)9-5(8)4-7;1-2-4-6-5-3-1;1-3-6-4-2-5-1/h3-4,7H,5-6,11H2,1-2H3;7,9H,2-6H2,1H3;2-6,9H,7H2,1H3;1-7H2;4,7H2,1-3H3;6H,1-5H2;5H,1-4H2. The van der Waals surface area contributed by atoms with Gasteiger partial charge in [0.15, 0.2) is 11.5 Å². The Hall–Kier alpha value is -3.42. The average Bonchev–Trinajstić information content (AvgIpc) is 3.32. The lowest BCUT2D eigenvalue weighted by Gasteiger charge is -2.25. The number of carbonyl (C=O) groups excluding carboxylic acids is 2. The number of nitrogens with one attached hydrogen (secondary N) is 4. The summed E-state index contributed by atoms with van der Waals surface area (Å²) in [4.78, 5) is 24.0. The first-order chi connectivity index (χ1) is 30.5. The number of nitrogens with two attached hydrogens (primary N) is 3. The quantitative estimate of drug-likeness (QED) is 0.161. The van der Waals surface area contributed by atoms with Crippen LogP contribution in [-0.2, 0) is 41.5 Å². The van der Waals surface area contributed by atoms with Crippen molar-refractivity contribution in [3.63, 3.8) is 0 Å². The Balaban J connectivity index is 0.000000721. The van der Waals surface area contributed by atoms with Crippen LogP contribution in [0.5, 0.6) is 11.5 Å². The summed E-state index contributed by atoms with van der Waals surface area (Å²) in [7, 11) is 5.21. The van der Waals surface area contributed by atoms with Crippen LogP contribution in [-0.4, -0.2) is 155 Å². The summed E-state index contributed by atoms with van der Waals surface area (Å²) in [6.45, 7) is 23.2. The molecule has 16 heteroatoms. The number of hydrogen-bond acceptors (Lipinski definition) is 16. The predicted molar refractivity (Wildman–Crippen MR) is 255 cm³/mol. The van der Waals surface area contributed by atoms with Gasteiger partial charge in [0.2, 0.25) is 0 Å². The van der Waals surface area contributed by atoms with E-state index >= 15 is 0 Å². The molecule has 0 bridgehead atoms. The Morgan fingerprint density at radius 2 is 1.35 bits per heavy atom. The van der Waals surface area contributed by atoms with Crippen molar-refractivity contribution >= 4 is 11.9 Å². The summed E-state index contributed by atoms with van der Waals surface area (Å²) in [6.07, 6.45) is 6.94. The van der Waals surface area contributed by atoms with Crippen molar-refractivity contribution in [1.82, 2.24) is 26.2 Å². The molecular formula is C47H88N8O8. The van der Waals surface area contributed by atoms with Gasteiger partial charge in [-0.25, -0.2) is 0 Å². The lowest BCUT2D eigenvalue weighted by atomic mass is 9.99. The molecule has 63 heavy (non-hydrogen) atoms. The molecule has 10 N–H and O–H groups in total. The number of morpholine rings is 2. The fourth-order valence-corrected chi connectivity index (χ4v) is 6.03. The van der Waals surface area contributed by atoms with E-state index in [0.29, 0.717) is 13.2 Å². The molecule has 4 saturated heterocycles. The molecule has 364 valence electrons. The number of nitrogens with zero attached hydrogens (tertiary/aromatic N) is 1. The molecular weight excluding hydrogens is 805 g/mol. The minimum atomic E-state index is -0.406. The number of carbonyl (C=O) groups is 2. The molecule has 0 unspecified atom stereocenters. The van der Waals surface area contributed by atoms with Crippen molar-refractivity contribution in [2.24, 2.45) is 23.1 Å². The summed E-state index contributed by atoms with van der Waals surface area (Å²) in [5.74, 6) is 1.28. The van der Waals surface area contributed by atoms with Gasteiger partial charge in [-0.1, -0.05) is 42.8 Å². The second kappa shape index (κ2) is 41.3. The third-order valence-corrected chi connectivity index (χ3v) is 9.25. The van der Waals surface area contributed by atoms with Crippen LogP contribution in [0.15, 0.2) is 48.5 Å². The van der Waals surface area contributed by atoms with Crippen LogP contribution < -0.4 is 47.9 Å². The van der Waals surface area contributed by atoms with Gasteiger partial charge in [0.25, 0.3) is 0 Å². The maximum absolute atomic E-state index is 11.1. The Morgan fingerprint density at radius 3 is 1.76 bits per heavy atom. The Labute approximate surface area is 380 Å². The van der Waals surface area contributed by atoms with Crippen LogP contribution in [0.3, 0.4) is 0 Å². The largest absolute Gasteiger partial charge is 0.493 e. The smallest absolute Gasteiger partial charge is 0.320 e. The van der Waals surface area contributed by atoms with Crippen LogP contribution in [0.4, 0.5) is 0 Å². The lowest BCUT2D eigenvalue weighted by Crippen LogP contribution is -2.39. The number of methoxy groups -OCH3 is 2. The molecule has 0 aliphatic carbocycles. The molecule has 4 heterocycles. The number of rotatable bonds is 11. The molecule has 6 rings (SSSR count). The van der Waals surface area contributed by atoms with Crippen LogP contribution in [0.25, 0.3) is 0 Å².